The van der Waals surface area contributed by atoms with Crippen LogP contribution < -0.4 is 15.5 Å². The second-order valence-electron chi connectivity index (χ2n) is 6.29. The fraction of sp³-hybridized carbons (Fsp3) is 0.474. The number of halogens is 2. The monoisotopic (exact) mass is 551 g/mol. The molecule has 2 N–H and O–H groups in total. The molecule has 1 aliphatic rings. The van der Waals surface area contributed by atoms with Gasteiger partial charge in [0.15, 0.2) is 11.1 Å². The Bertz CT molecular complexity index is 732. The Balaban J connectivity index is 0.00000280. The van der Waals surface area contributed by atoms with Crippen LogP contribution in [-0.4, -0.2) is 49.9 Å². The van der Waals surface area contributed by atoms with E-state index in [0.717, 1.165) is 55.0 Å². The molecular formula is C19H27ClIN5S2. The van der Waals surface area contributed by atoms with Crippen LogP contribution >= 0.6 is 58.7 Å². The van der Waals surface area contributed by atoms with Crippen molar-refractivity contribution in [2.24, 2.45) is 4.99 Å². The molecule has 0 aliphatic carbocycles. The van der Waals surface area contributed by atoms with Gasteiger partial charge in [-0.2, -0.15) is 0 Å². The summed E-state index contributed by atoms with van der Waals surface area (Å²) in [7, 11) is 1.80. The number of hydrogen-bond donors (Lipinski definition) is 2. The van der Waals surface area contributed by atoms with E-state index in [1.54, 1.807) is 30.1 Å². The molecule has 0 atom stereocenters. The zero-order valence-corrected chi connectivity index (χ0v) is 20.7. The van der Waals surface area contributed by atoms with Crippen molar-refractivity contribution in [1.29, 1.82) is 0 Å². The fourth-order valence-electron chi connectivity index (χ4n) is 2.86. The van der Waals surface area contributed by atoms with Gasteiger partial charge in [0.05, 0.1) is 5.69 Å². The van der Waals surface area contributed by atoms with Crippen LogP contribution in [0.3, 0.4) is 0 Å². The SMILES string of the molecule is CN=C(NCCSc1ccc(Cl)cc1)NCCc1csc(N2CCCC2)n1.I. The lowest BCUT2D eigenvalue weighted by atomic mass is 10.3. The van der Waals surface area contributed by atoms with E-state index >= 15 is 0 Å². The summed E-state index contributed by atoms with van der Waals surface area (Å²) in [5.41, 5.74) is 1.16. The van der Waals surface area contributed by atoms with Gasteiger partial charge in [0.1, 0.15) is 0 Å². The maximum absolute atomic E-state index is 5.91. The summed E-state index contributed by atoms with van der Waals surface area (Å²) in [5, 5.41) is 10.8. The normalized spacial score (nSPS) is 14.1. The van der Waals surface area contributed by atoms with Crippen molar-refractivity contribution in [1.82, 2.24) is 15.6 Å². The average molecular weight is 552 g/mol. The molecule has 0 spiro atoms. The highest BCUT2D eigenvalue weighted by molar-refractivity contribution is 14.0. The molecule has 9 heteroatoms. The number of thioether (sulfide) groups is 1. The number of guanidine groups is 1. The van der Waals surface area contributed by atoms with Crippen LogP contribution in [0.2, 0.25) is 5.02 Å². The van der Waals surface area contributed by atoms with Gasteiger partial charge in [-0.15, -0.1) is 47.1 Å². The average Bonchev–Trinajstić information content (AvgIpc) is 3.36. The Morgan fingerprint density at radius 1 is 1.21 bits per heavy atom. The minimum absolute atomic E-state index is 0. The molecule has 0 amide bonds. The van der Waals surface area contributed by atoms with Crippen LogP contribution in [0.15, 0.2) is 39.5 Å². The summed E-state index contributed by atoms with van der Waals surface area (Å²) in [6, 6.07) is 7.94. The molecule has 0 unspecified atom stereocenters. The largest absolute Gasteiger partial charge is 0.356 e. The highest BCUT2D eigenvalue weighted by Crippen LogP contribution is 2.24. The summed E-state index contributed by atoms with van der Waals surface area (Å²) in [5.74, 6) is 1.80. The van der Waals surface area contributed by atoms with Gasteiger partial charge in [-0.05, 0) is 37.1 Å². The number of rotatable bonds is 8. The Morgan fingerprint density at radius 2 is 1.93 bits per heavy atom. The molecule has 2 aromatic rings. The number of benzene rings is 1. The maximum Gasteiger partial charge on any atom is 0.191 e. The molecule has 1 fully saturated rings. The van der Waals surface area contributed by atoms with E-state index in [1.807, 2.05) is 24.3 Å². The molecular weight excluding hydrogens is 525 g/mol. The van der Waals surface area contributed by atoms with Crippen LogP contribution in [0.1, 0.15) is 18.5 Å². The van der Waals surface area contributed by atoms with E-state index in [-0.39, 0.29) is 24.0 Å². The molecule has 3 rings (SSSR count). The molecule has 0 radical (unpaired) electrons. The zero-order valence-electron chi connectivity index (χ0n) is 16.0. The third-order valence-electron chi connectivity index (χ3n) is 4.29. The number of aromatic nitrogens is 1. The number of nitrogens with one attached hydrogen (secondary N) is 2. The summed E-state index contributed by atoms with van der Waals surface area (Å²) in [4.78, 5) is 12.7. The Kier molecular flexibility index (Phi) is 10.7. The van der Waals surface area contributed by atoms with Crippen molar-refractivity contribution in [2.45, 2.75) is 24.2 Å². The van der Waals surface area contributed by atoms with Crippen molar-refractivity contribution in [3.8, 4) is 0 Å². The van der Waals surface area contributed by atoms with Crippen LogP contribution in [-0.2, 0) is 6.42 Å². The van der Waals surface area contributed by atoms with Gasteiger partial charge in [0, 0.05) is 60.7 Å². The van der Waals surface area contributed by atoms with E-state index in [2.05, 4.69) is 25.9 Å². The zero-order chi connectivity index (χ0) is 18.9. The van der Waals surface area contributed by atoms with Crippen LogP contribution in [0, 0.1) is 0 Å². The van der Waals surface area contributed by atoms with E-state index in [9.17, 15) is 0 Å². The molecule has 0 saturated carbocycles. The number of hydrogen-bond acceptors (Lipinski definition) is 5. The first-order valence-corrected chi connectivity index (χ1v) is 11.5. The molecule has 1 aromatic heterocycles. The van der Waals surface area contributed by atoms with Gasteiger partial charge in [0.25, 0.3) is 0 Å². The van der Waals surface area contributed by atoms with Gasteiger partial charge in [-0.1, -0.05) is 11.6 Å². The van der Waals surface area contributed by atoms with E-state index < -0.39 is 0 Å². The summed E-state index contributed by atoms with van der Waals surface area (Å²) < 4.78 is 0. The summed E-state index contributed by atoms with van der Waals surface area (Å²) >= 11 is 9.47. The number of anilines is 1. The van der Waals surface area contributed by atoms with Gasteiger partial charge in [-0.25, -0.2) is 4.98 Å². The predicted molar refractivity (Wildman–Crippen MR) is 134 cm³/mol. The standard InChI is InChI=1S/C19H26ClN5S2.HI/c1-21-18(23-10-13-26-17-6-4-15(20)5-7-17)22-9-8-16-14-27-19(24-16)25-11-2-3-12-25;/h4-7,14H,2-3,8-13H2,1H3,(H2,21,22,23);1H. The molecule has 2 heterocycles. The van der Waals surface area contributed by atoms with Crippen molar-refractivity contribution in [3.05, 3.63) is 40.4 Å². The fourth-order valence-corrected chi connectivity index (χ4v) is 4.67. The van der Waals surface area contributed by atoms with E-state index in [1.165, 1.54) is 22.9 Å². The van der Waals surface area contributed by atoms with Gasteiger partial charge in [0.2, 0.25) is 0 Å². The number of aliphatic imine (C=N–C) groups is 1. The van der Waals surface area contributed by atoms with Crippen LogP contribution in [0.4, 0.5) is 5.13 Å². The third kappa shape index (κ3) is 7.61. The number of thiazole rings is 1. The second kappa shape index (κ2) is 12.8. The first-order valence-electron chi connectivity index (χ1n) is 9.27. The molecule has 1 saturated heterocycles. The van der Waals surface area contributed by atoms with E-state index in [4.69, 9.17) is 16.6 Å². The summed E-state index contributed by atoms with van der Waals surface area (Å²) in [6.45, 7) is 3.97. The minimum atomic E-state index is 0. The van der Waals surface area contributed by atoms with Crippen molar-refractivity contribution < 1.29 is 0 Å². The van der Waals surface area contributed by atoms with Gasteiger partial charge in [-0.3, -0.25) is 4.99 Å². The summed E-state index contributed by atoms with van der Waals surface area (Å²) in [6.07, 6.45) is 3.48. The Hall–Kier alpha value is -0.710. The maximum atomic E-state index is 5.91. The topological polar surface area (TPSA) is 52.6 Å². The lowest BCUT2D eigenvalue weighted by Crippen LogP contribution is -2.39. The lowest BCUT2D eigenvalue weighted by Gasteiger charge is -2.12. The van der Waals surface area contributed by atoms with Crippen LogP contribution in [0.5, 0.6) is 0 Å². The predicted octanol–water partition coefficient (Wildman–Crippen LogP) is 4.51. The quantitative estimate of drug-likeness (QED) is 0.166. The minimum Gasteiger partial charge on any atom is -0.356 e. The van der Waals surface area contributed by atoms with Crippen molar-refractivity contribution >= 4 is 69.8 Å². The van der Waals surface area contributed by atoms with Gasteiger partial charge >= 0.3 is 0 Å². The van der Waals surface area contributed by atoms with Gasteiger partial charge < -0.3 is 15.5 Å². The molecule has 28 heavy (non-hydrogen) atoms. The highest BCUT2D eigenvalue weighted by Gasteiger charge is 2.15. The number of nitrogens with zero attached hydrogens (tertiary/aromatic N) is 3. The smallest absolute Gasteiger partial charge is 0.191 e. The van der Waals surface area contributed by atoms with Crippen LogP contribution in [0.25, 0.3) is 0 Å². The molecule has 0 bridgehead atoms. The van der Waals surface area contributed by atoms with Crippen molar-refractivity contribution in [3.63, 3.8) is 0 Å². The molecule has 5 nitrogen and oxygen atoms in total. The lowest BCUT2D eigenvalue weighted by molar-refractivity contribution is 0.800. The van der Waals surface area contributed by atoms with Crippen molar-refractivity contribution in [2.75, 3.05) is 43.9 Å². The third-order valence-corrected chi connectivity index (χ3v) is 6.51. The first-order chi connectivity index (χ1) is 13.2. The molecule has 1 aliphatic heterocycles. The molecule has 154 valence electrons. The second-order valence-corrected chi connectivity index (χ2v) is 8.74. The highest BCUT2D eigenvalue weighted by atomic mass is 127. The van der Waals surface area contributed by atoms with E-state index in [0.29, 0.717) is 0 Å². The Labute approximate surface area is 197 Å². The first kappa shape index (κ1) is 23.6. The Morgan fingerprint density at radius 3 is 2.64 bits per heavy atom. The molecule has 1 aromatic carbocycles.